The van der Waals surface area contributed by atoms with Crippen LogP contribution in [0.3, 0.4) is 0 Å². The minimum Gasteiger partial charge on any atom is -0.439 e. The van der Waals surface area contributed by atoms with Gasteiger partial charge in [0.05, 0.1) is 11.8 Å². The average Bonchev–Trinajstić information content (AvgIpc) is 3.03. The van der Waals surface area contributed by atoms with Crippen molar-refractivity contribution in [2.75, 3.05) is 29.0 Å². The Morgan fingerprint density at radius 3 is 2.36 bits per heavy atom. The van der Waals surface area contributed by atoms with Crippen LogP contribution in [-0.4, -0.2) is 55.6 Å². The molecule has 1 saturated heterocycles. The lowest BCUT2D eigenvalue weighted by molar-refractivity contribution is 0.0996. The van der Waals surface area contributed by atoms with Crippen molar-refractivity contribution in [3.63, 3.8) is 0 Å². The highest BCUT2D eigenvalue weighted by molar-refractivity contribution is 7.92. The van der Waals surface area contributed by atoms with E-state index in [-0.39, 0.29) is 18.2 Å². The number of ether oxygens (including phenoxy) is 1. The number of nitrogens with two attached hydrogens (primary N) is 1. The molecule has 1 aromatic heterocycles. The number of anilines is 2. The number of hydrogen-bond donors (Lipinski definition) is 3. The summed E-state index contributed by atoms with van der Waals surface area (Å²) in [5, 5.41) is 2.81. The van der Waals surface area contributed by atoms with Gasteiger partial charge in [-0.3, -0.25) is 19.3 Å². The van der Waals surface area contributed by atoms with Gasteiger partial charge >= 0.3 is 6.03 Å². The minimum atomic E-state index is -3.37. The van der Waals surface area contributed by atoms with Gasteiger partial charge in [0, 0.05) is 55.9 Å². The molecule has 0 radical (unpaired) electrons. The van der Waals surface area contributed by atoms with E-state index in [1.54, 1.807) is 53.6 Å². The molecule has 4 N–H and O–H groups in total. The predicted octanol–water partition coefficient (Wildman–Crippen LogP) is 5.00. The monoisotopic (exact) mass is 664 g/mol. The maximum atomic E-state index is 14.2. The van der Waals surface area contributed by atoms with Crippen LogP contribution in [0.1, 0.15) is 34.3 Å². The van der Waals surface area contributed by atoms with Gasteiger partial charge in [-0.2, -0.15) is 0 Å². The molecule has 1 fully saturated rings. The number of aromatic nitrogens is 1. The fourth-order valence-corrected chi connectivity index (χ4v) is 5.90. The molecule has 0 bridgehead atoms. The van der Waals surface area contributed by atoms with Crippen molar-refractivity contribution < 1.29 is 31.5 Å². The molecule has 3 amide bonds. The van der Waals surface area contributed by atoms with Gasteiger partial charge in [0.2, 0.25) is 15.9 Å². The second-order valence-corrected chi connectivity index (χ2v) is 12.9. The lowest BCUT2D eigenvalue weighted by Crippen LogP contribution is -2.50. The molecule has 246 valence electrons. The van der Waals surface area contributed by atoms with Crippen LogP contribution in [0.4, 0.5) is 25.0 Å². The number of pyridine rings is 1. The van der Waals surface area contributed by atoms with Gasteiger partial charge < -0.3 is 15.8 Å². The number of rotatable bonds is 11. The van der Waals surface area contributed by atoms with Crippen LogP contribution < -0.4 is 25.4 Å². The number of sulfonamides is 1. The summed E-state index contributed by atoms with van der Waals surface area (Å²) in [5.41, 5.74) is 7.29. The topological polar surface area (TPSA) is 147 Å². The van der Waals surface area contributed by atoms with Crippen LogP contribution >= 0.6 is 0 Å². The first-order valence-electron chi connectivity index (χ1n) is 14.8. The van der Waals surface area contributed by atoms with Gasteiger partial charge in [-0.05, 0) is 78.6 Å². The summed E-state index contributed by atoms with van der Waals surface area (Å²) in [7, 11) is -3.37. The smallest absolute Gasteiger partial charge is 0.322 e. The second kappa shape index (κ2) is 14.6. The fraction of sp³-hybridized carbons (Fsp3) is 0.242. The number of carbonyl (C=O) groups excluding carboxylic acids is 2. The Hall–Kier alpha value is -5.08. The molecule has 3 aromatic carbocycles. The van der Waals surface area contributed by atoms with E-state index < -0.39 is 33.6 Å². The van der Waals surface area contributed by atoms with Crippen LogP contribution in [0.25, 0.3) is 0 Å². The van der Waals surface area contributed by atoms with Crippen molar-refractivity contribution in [1.29, 1.82) is 0 Å². The number of primary amides is 1. The lowest BCUT2D eigenvalue weighted by atomic mass is 10.0. The summed E-state index contributed by atoms with van der Waals surface area (Å²) >= 11 is 0. The van der Waals surface area contributed by atoms with Gasteiger partial charge in [0.25, 0.3) is 5.91 Å². The van der Waals surface area contributed by atoms with E-state index in [0.29, 0.717) is 61.0 Å². The van der Waals surface area contributed by atoms with Crippen LogP contribution in [0.5, 0.6) is 11.6 Å². The SMILES string of the molecule is CS(=O)(=O)Nc1ccc(Oc2ccc(CN3CCC(N(C(=O)NCc4ccc(F)c(C(N)=O)c4)c4cccc(F)c4)CC3)cn2)cc1. The normalized spacial score (nSPS) is 13.9. The van der Waals surface area contributed by atoms with Crippen molar-refractivity contribution in [2.24, 2.45) is 5.73 Å². The van der Waals surface area contributed by atoms with Crippen molar-refractivity contribution in [3.05, 3.63) is 113 Å². The Labute approximate surface area is 271 Å². The molecule has 1 aliphatic rings. The standard InChI is InChI=1S/C33H34F2N6O5S/c1-47(44,45)39-25-7-9-28(10-8-25)46-31-12-6-23(20-37-31)21-40-15-13-26(14-16-40)41(27-4-2-3-24(34)18-27)33(43)38-19-22-5-11-30(35)29(17-22)32(36)42/h2-12,17-18,20,26,39H,13-16,19,21H2,1H3,(H2,36,42)(H,38,43). The van der Waals surface area contributed by atoms with E-state index in [1.807, 2.05) is 6.07 Å². The van der Waals surface area contributed by atoms with Crippen LogP contribution in [0.2, 0.25) is 0 Å². The summed E-state index contributed by atoms with van der Waals surface area (Å²) < 4.78 is 59.1. The van der Waals surface area contributed by atoms with Crippen LogP contribution in [0, 0.1) is 11.6 Å². The molecule has 5 rings (SSSR count). The lowest BCUT2D eigenvalue weighted by Gasteiger charge is -2.38. The number of nitrogens with one attached hydrogen (secondary N) is 2. The molecule has 4 aromatic rings. The summed E-state index contributed by atoms with van der Waals surface area (Å²) in [6.45, 7) is 2.00. The largest absolute Gasteiger partial charge is 0.439 e. The number of amides is 3. The zero-order valence-electron chi connectivity index (χ0n) is 25.5. The van der Waals surface area contributed by atoms with Crippen LogP contribution in [0.15, 0.2) is 85.1 Å². The maximum Gasteiger partial charge on any atom is 0.322 e. The first-order chi connectivity index (χ1) is 22.4. The zero-order valence-corrected chi connectivity index (χ0v) is 26.3. The van der Waals surface area contributed by atoms with Crippen molar-refractivity contribution in [2.45, 2.75) is 32.0 Å². The Morgan fingerprint density at radius 2 is 1.72 bits per heavy atom. The highest BCUT2D eigenvalue weighted by atomic mass is 32.2. The number of benzene rings is 3. The Bertz CT molecular complexity index is 1830. The quantitative estimate of drug-likeness (QED) is 0.204. The molecule has 14 heteroatoms. The predicted molar refractivity (Wildman–Crippen MR) is 174 cm³/mol. The molecule has 2 heterocycles. The molecular weight excluding hydrogens is 630 g/mol. The Balaban J connectivity index is 1.18. The summed E-state index contributed by atoms with van der Waals surface area (Å²) in [5.74, 6) is -1.22. The molecule has 0 aliphatic carbocycles. The molecule has 0 saturated carbocycles. The van der Waals surface area contributed by atoms with Crippen LogP contribution in [-0.2, 0) is 23.1 Å². The third-order valence-electron chi connectivity index (χ3n) is 7.55. The average molecular weight is 665 g/mol. The minimum absolute atomic E-state index is 0.0163. The second-order valence-electron chi connectivity index (χ2n) is 11.2. The van der Waals surface area contributed by atoms with Crippen molar-refractivity contribution in [1.82, 2.24) is 15.2 Å². The molecule has 0 unspecified atom stereocenters. The zero-order chi connectivity index (χ0) is 33.6. The first kappa shape index (κ1) is 33.3. The molecule has 47 heavy (non-hydrogen) atoms. The van der Waals surface area contributed by atoms with Gasteiger partial charge in [0.15, 0.2) is 0 Å². The molecule has 11 nitrogen and oxygen atoms in total. The summed E-state index contributed by atoms with van der Waals surface area (Å²) in [6, 6.07) is 19.2. The van der Waals surface area contributed by atoms with Gasteiger partial charge in [0.1, 0.15) is 17.4 Å². The fourth-order valence-electron chi connectivity index (χ4n) is 5.34. The number of halogens is 2. The molecule has 0 spiro atoms. The molecular formula is C33H34F2N6O5S. The van der Waals surface area contributed by atoms with E-state index in [9.17, 15) is 26.8 Å². The molecule has 1 aliphatic heterocycles. The van der Waals surface area contributed by atoms with E-state index in [2.05, 4.69) is 19.9 Å². The number of carbonyl (C=O) groups is 2. The first-order valence-corrected chi connectivity index (χ1v) is 16.7. The maximum absolute atomic E-state index is 14.2. The number of nitrogens with zero attached hydrogens (tertiary/aromatic N) is 3. The van der Waals surface area contributed by atoms with E-state index in [4.69, 9.17) is 10.5 Å². The summed E-state index contributed by atoms with van der Waals surface area (Å²) in [6.07, 6.45) is 4.07. The van der Waals surface area contributed by atoms with Crippen molar-refractivity contribution in [3.8, 4) is 11.6 Å². The Kier molecular flexibility index (Phi) is 10.3. The number of likely N-dealkylation sites (tertiary alicyclic amines) is 1. The highest BCUT2D eigenvalue weighted by Crippen LogP contribution is 2.27. The number of hydrogen-bond acceptors (Lipinski definition) is 7. The van der Waals surface area contributed by atoms with E-state index >= 15 is 0 Å². The van der Waals surface area contributed by atoms with Gasteiger partial charge in [-0.1, -0.05) is 18.2 Å². The number of urea groups is 1. The summed E-state index contributed by atoms with van der Waals surface area (Å²) in [4.78, 5) is 33.2. The molecule has 0 atom stereocenters. The number of piperidine rings is 1. The van der Waals surface area contributed by atoms with Gasteiger partial charge in [-0.15, -0.1) is 0 Å². The highest BCUT2D eigenvalue weighted by Gasteiger charge is 2.29. The third-order valence-corrected chi connectivity index (χ3v) is 8.16. The third kappa shape index (κ3) is 9.24. The Morgan fingerprint density at radius 1 is 1.00 bits per heavy atom. The van der Waals surface area contributed by atoms with Gasteiger partial charge in [-0.25, -0.2) is 27.0 Å². The van der Waals surface area contributed by atoms with Crippen molar-refractivity contribution >= 4 is 33.3 Å². The van der Waals surface area contributed by atoms with E-state index in [0.717, 1.165) is 17.9 Å². The van der Waals surface area contributed by atoms with E-state index in [1.165, 1.54) is 24.3 Å².